The normalized spacial score (nSPS) is 11.0. The average Bonchev–Trinajstić information content (AvgIpc) is 2.99. The third-order valence-electron chi connectivity index (χ3n) is 4.52. The number of hydrogen-bond donors (Lipinski definition) is 0. The number of thiophene rings is 1. The number of aryl methyl sites for hydroxylation is 3. The van der Waals surface area contributed by atoms with E-state index in [1.54, 1.807) is 0 Å². The van der Waals surface area contributed by atoms with Gasteiger partial charge in [0, 0.05) is 16.5 Å². The summed E-state index contributed by atoms with van der Waals surface area (Å²) in [7, 11) is 0. The monoisotopic (exact) mass is 358 g/mol. The number of carbonyl (C=O) groups is 1. The van der Waals surface area contributed by atoms with Crippen LogP contribution in [0.25, 0.3) is 21.6 Å². The summed E-state index contributed by atoms with van der Waals surface area (Å²) in [5.41, 5.74) is 4.70. The van der Waals surface area contributed by atoms with Crippen LogP contribution in [0.4, 0.5) is 0 Å². The Hall–Kier alpha value is -2.85. The molecule has 0 saturated heterocycles. The van der Waals surface area contributed by atoms with Crippen molar-refractivity contribution in [3.05, 3.63) is 81.9 Å². The summed E-state index contributed by atoms with van der Waals surface area (Å²) in [6.07, 6.45) is 0. The number of rotatable bonds is 3. The molecule has 0 radical (unpaired) electrons. The molecule has 26 heavy (non-hydrogen) atoms. The van der Waals surface area contributed by atoms with Crippen molar-refractivity contribution < 1.29 is 4.79 Å². The van der Waals surface area contributed by atoms with Crippen LogP contribution in [0.15, 0.2) is 54.6 Å². The first-order valence-electron chi connectivity index (χ1n) is 8.49. The van der Waals surface area contributed by atoms with E-state index >= 15 is 0 Å². The molecule has 4 rings (SSSR count). The molecule has 0 unspecified atom stereocenters. The van der Waals surface area contributed by atoms with Crippen molar-refractivity contribution in [2.45, 2.75) is 20.8 Å². The highest BCUT2D eigenvalue weighted by atomic mass is 32.1. The van der Waals surface area contributed by atoms with E-state index in [9.17, 15) is 4.79 Å². The molecule has 0 amide bonds. The molecule has 128 valence electrons. The van der Waals surface area contributed by atoms with Crippen LogP contribution in [0.2, 0.25) is 0 Å². The first-order chi connectivity index (χ1) is 12.5. The van der Waals surface area contributed by atoms with Crippen LogP contribution >= 0.6 is 11.3 Å². The standard InChI is InChI=1S/C22H18N2OS/c1-13-9-11-16(12-10-13)19(25)20-14(2)18-15(3)23-21(24-22(18)26-20)17-7-5-4-6-8-17/h4-12H,1-3H3. The summed E-state index contributed by atoms with van der Waals surface area (Å²) in [5, 5.41) is 0.991. The van der Waals surface area contributed by atoms with Crippen LogP contribution in [0.1, 0.15) is 32.1 Å². The fourth-order valence-corrected chi connectivity index (χ4v) is 4.30. The molecule has 0 aliphatic rings. The zero-order valence-electron chi connectivity index (χ0n) is 14.9. The van der Waals surface area contributed by atoms with Gasteiger partial charge in [0.05, 0.1) is 10.6 Å². The topological polar surface area (TPSA) is 42.9 Å². The van der Waals surface area contributed by atoms with E-state index in [1.807, 2.05) is 75.4 Å². The lowest BCUT2D eigenvalue weighted by atomic mass is 10.0. The Morgan fingerprint density at radius 2 is 1.58 bits per heavy atom. The molecule has 2 aromatic carbocycles. The zero-order chi connectivity index (χ0) is 18.3. The molecule has 0 saturated carbocycles. The highest BCUT2D eigenvalue weighted by molar-refractivity contribution is 7.20. The van der Waals surface area contributed by atoms with Gasteiger partial charge in [-0.1, -0.05) is 60.2 Å². The molecule has 0 aliphatic carbocycles. The molecule has 2 aromatic heterocycles. The van der Waals surface area contributed by atoms with E-state index in [0.717, 1.165) is 37.5 Å². The Morgan fingerprint density at radius 1 is 0.885 bits per heavy atom. The van der Waals surface area contributed by atoms with Gasteiger partial charge in [0.2, 0.25) is 5.78 Å². The van der Waals surface area contributed by atoms with Gasteiger partial charge in [-0.3, -0.25) is 4.79 Å². The second-order valence-corrected chi connectivity index (χ2v) is 7.43. The van der Waals surface area contributed by atoms with Gasteiger partial charge in [-0.05, 0) is 26.3 Å². The van der Waals surface area contributed by atoms with Crippen LogP contribution in [-0.2, 0) is 0 Å². The molecular formula is C22H18N2OS. The molecular weight excluding hydrogens is 340 g/mol. The molecule has 3 nitrogen and oxygen atoms in total. The lowest BCUT2D eigenvalue weighted by molar-refractivity contribution is 0.104. The van der Waals surface area contributed by atoms with Gasteiger partial charge in [-0.25, -0.2) is 9.97 Å². The zero-order valence-corrected chi connectivity index (χ0v) is 15.7. The van der Waals surface area contributed by atoms with Gasteiger partial charge >= 0.3 is 0 Å². The van der Waals surface area contributed by atoms with Crippen molar-refractivity contribution >= 4 is 27.3 Å². The highest BCUT2D eigenvalue weighted by Gasteiger charge is 2.20. The number of fused-ring (bicyclic) bond motifs is 1. The Balaban J connectivity index is 1.85. The smallest absolute Gasteiger partial charge is 0.203 e. The fraction of sp³-hybridized carbons (Fsp3) is 0.136. The minimum atomic E-state index is 0.0474. The van der Waals surface area contributed by atoms with E-state index < -0.39 is 0 Å². The van der Waals surface area contributed by atoms with Crippen LogP contribution in [-0.4, -0.2) is 15.8 Å². The van der Waals surface area contributed by atoms with Crippen LogP contribution in [0.5, 0.6) is 0 Å². The van der Waals surface area contributed by atoms with Crippen molar-refractivity contribution in [3.63, 3.8) is 0 Å². The average molecular weight is 358 g/mol. The third kappa shape index (κ3) is 2.82. The maximum Gasteiger partial charge on any atom is 0.203 e. The molecule has 4 heteroatoms. The summed E-state index contributed by atoms with van der Waals surface area (Å²) < 4.78 is 0. The van der Waals surface area contributed by atoms with Gasteiger partial charge < -0.3 is 0 Å². The second kappa shape index (κ2) is 6.46. The predicted molar refractivity (Wildman–Crippen MR) is 107 cm³/mol. The van der Waals surface area contributed by atoms with E-state index in [1.165, 1.54) is 11.3 Å². The molecule has 2 heterocycles. The van der Waals surface area contributed by atoms with Gasteiger partial charge in [0.1, 0.15) is 4.83 Å². The lowest BCUT2D eigenvalue weighted by Gasteiger charge is -2.03. The minimum Gasteiger partial charge on any atom is -0.288 e. The van der Waals surface area contributed by atoms with Crippen molar-refractivity contribution in [3.8, 4) is 11.4 Å². The largest absolute Gasteiger partial charge is 0.288 e. The van der Waals surface area contributed by atoms with Gasteiger partial charge in [-0.2, -0.15) is 0 Å². The SMILES string of the molecule is Cc1ccc(C(=O)c2sc3nc(-c4ccccc4)nc(C)c3c2C)cc1. The maximum atomic E-state index is 13.0. The minimum absolute atomic E-state index is 0.0474. The second-order valence-electron chi connectivity index (χ2n) is 6.43. The molecule has 0 bridgehead atoms. The Bertz CT molecular complexity index is 1110. The summed E-state index contributed by atoms with van der Waals surface area (Å²) in [6.45, 7) is 5.98. The Kier molecular flexibility index (Phi) is 4.13. The molecule has 0 N–H and O–H groups in total. The van der Waals surface area contributed by atoms with E-state index in [-0.39, 0.29) is 5.78 Å². The lowest BCUT2D eigenvalue weighted by Crippen LogP contribution is -2.00. The number of ketones is 1. The van der Waals surface area contributed by atoms with Crippen molar-refractivity contribution in [1.82, 2.24) is 9.97 Å². The summed E-state index contributed by atoms with van der Waals surface area (Å²) in [6, 6.07) is 17.6. The van der Waals surface area contributed by atoms with Crippen LogP contribution in [0, 0.1) is 20.8 Å². The van der Waals surface area contributed by atoms with E-state index in [4.69, 9.17) is 4.98 Å². The highest BCUT2D eigenvalue weighted by Crippen LogP contribution is 2.34. The number of hydrogen-bond acceptors (Lipinski definition) is 4. The summed E-state index contributed by atoms with van der Waals surface area (Å²) in [5.74, 6) is 0.748. The Morgan fingerprint density at radius 3 is 2.27 bits per heavy atom. The van der Waals surface area contributed by atoms with Gasteiger partial charge in [0.15, 0.2) is 5.82 Å². The number of aromatic nitrogens is 2. The number of carbonyl (C=O) groups excluding carboxylic acids is 1. The van der Waals surface area contributed by atoms with Gasteiger partial charge in [-0.15, -0.1) is 11.3 Å². The van der Waals surface area contributed by atoms with E-state index in [2.05, 4.69) is 4.98 Å². The number of nitrogens with zero attached hydrogens (tertiary/aromatic N) is 2. The quantitative estimate of drug-likeness (QED) is 0.453. The predicted octanol–water partition coefficient (Wildman–Crippen LogP) is 5.51. The molecule has 0 atom stereocenters. The Labute approximate surface area is 156 Å². The van der Waals surface area contributed by atoms with Gasteiger partial charge in [0.25, 0.3) is 0 Å². The number of benzene rings is 2. The first-order valence-corrected chi connectivity index (χ1v) is 9.31. The van der Waals surface area contributed by atoms with Crippen LogP contribution in [0.3, 0.4) is 0 Å². The summed E-state index contributed by atoms with van der Waals surface area (Å²) >= 11 is 1.45. The van der Waals surface area contributed by atoms with Crippen molar-refractivity contribution in [1.29, 1.82) is 0 Å². The van der Waals surface area contributed by atoms with Crippen molar-refractivity contribution in [2.75, 3.05) is 0 Å². The molecule has 0 spiro atoms. The molecule has 4 aromatic rings. The molecule has 0 aliphatic heterocycles. The van der Waals surface area contributed by atoms with E-state index in [0.29, 0.717) is 11.4 Å². The maximum absolute atomic E-state index is 13.0. The first kappa shape index (κ1) is 16.6. The third-order valence-corrected chi connectivity index (χ3v) is 5.71. The summed E-state index contributed by atoms with van der Waals surface area (Å²) in [4.78, 5) is 24.0. The van der Waals surface area contributed by atoms with Crippen LogP contribution < -0.4 is 0 Å². The fourth-order valence-electron chi connectivity index (χ4n) is 3.11. The van der Waals surface area contributed by atoms with Crippen molar-refractivity contribution in [2.24, 2.45) is 0 Å². The molecule has 0 fully saturated rings.